The molecule has 0 aliphatic rings. The standard InChI is InChI=1S/C23H21N5O4/c1-31-18-11-10-17(19-20(18)32-28-21(19)24)22(29)26-16-9-5-6-14(12-16)13-25-23(30)27-15-7-3-2-4-8-15/h2-12H,13H2,1H3,(H2,24,28)(H,26,29)(H2,25,27,30). The molecule has 0 atom stereocenters. The predicted octanol–water partition coefficient (Wildman–Crippen LogP) is 3.99. The van der Waals surface area contributed by atoms with Crippen molar-refractivity contribution in [1.29, 1.82) is 0 Å². The van der Waals surface area contributed by atoms with Crippen LogP contribution in [-0.2, 0) is 6.54 Å². The number of ether oxygens (including phenoxy) is 1. The molecule has 0 bridgehead atoms. The number of amides is 3. The summed E-state index contributed by atoms with van der Waals surface area (Å²) in [6.45, 7) is 0.285. The maximum Gasteiger partial charge on any atom is 0.319 e. The number of rotatable bonds is 6. The summed E-state index contributed by atoms with van der Waals surface area (Å²) in [6.07, 6.45) is 0. The Kier molecular flexibility index (Phi) is 5.89. The lowest BCUT2D eigenvalue weighted by Gasteiger charge is -2.10. The Morgan fingerprint density at radius 3 is 2.56 bits per heavy atom. The Bertz CT molecular complexity index is 1270. The smallest absolute Gasteiger partial charge is 0.319 e. The van der Waals surface area contributed by atoms with Crippen molar-refractivity contribution < 1.29 is 18.8 Å². The van der Waals surface area contributed by atoms with Gasteiger partial charge in [0.25, 0.3) is 5.91 Å². The molecule has 0 aliphatic heterocycles. The summed E-state index contributed by atoms with van der Waals surface area (Å²) in [5.74, 6) is 0.161. The zero-order chi connectivity index (χ0) is 22.5. The number of methoxy groups -OCH3 is 1. The average molecular weight is 431 g/mol. The largest absolute Gasteiger partial charge is 0.493 e. The van der Waals surface area contributed by atoms with Crippen molar-refractivity contribution in [3.05, 3.63) is 77.9 Å². The summed E-state index contributed by atoms with van der Waals surface area (Å²) >= 11 is 0. The number of nitrogen functional groups attached to an aromatic ring is 1. The van der Waals surface area contributed by atoms with Gasteiger partial charge in [0, 0.05) is 17.9 Å². The molecule has 0 unspecified atom stereocenters. The fourth-order valence-electron chi connectivity index (χ4n) is 3.24. The molecule has 0 aliphatic carbocycles. The number of hydrogen-bond donors (Lipinski definition) is 4. The van der Waals surface area contributed by atoms with Gasteiger partial charge >= 0.3 is 6.03 Å². The van der Waals surface area contributed by atoms with Gasteiger partial charge in [-0.2, -0.15) is 0 Å². The van der Waals surface area contributed by atoms with E-state index in [2.05, 4.69) is 21.1 Å². The number of anilines is 3. The van der Waals surface area contributed by atoms with Gasteiger partial charge in [-0.25, -0.2) is 4.79 Å². The highest BCUT2D eigenvalue weighted by molar-refractivity contribution is 6.15. The highest BCUT2D eigenvalue weighted by Crippen LogP contribution is 2.32. The third kappa shape index (κ3) is 4.46. The van der Waals surface area contributed by atoms with E-state index in [9.17, 15) is 9.59 Å². The van der Waals surface area contributed by atoms with Gasteiger partial charge in [-0.1, -0.05) is 35.5 Å². The van der Waals surface area contributed by atoms with Crippen LogP contribution in [0.5, 0.6) is 5.75 Å². The van der Waals surface area contributed by atoms with E-state index in [1.165, 1.54) is 7.11 Å². The minimum absolute atomic E-state index is 0.103. The fraction of sp³-hybridized carbons (Fsp3) is 0.0870. The first-order chi connectivity index (χ1) is 15.5. The van der Waals surface area contributed by atoms with Crippen molar-refractivity contribution in [1.82, 2.24) is 10.5 Å². The fourth-order valence-corrected chi connectivity index (χ4v) is 3.24. The third-order valence-electron chi connectivity index (χ3n) is 4.75. The first kappa shape index (κ1) is 20.7. The van der Waals surface area contributed by atoms with Crippen LogP contribution in [0.15, 0.2) is 71.3 Å². The number of fused-ring (bicyclic) bond motifs is 1. The van der Waals surface area contributed by atoms with E-state index in [0.717, 1.165) is 5.56 Å². The third-order valence-corrected chi connectivity index (χ3v) is 4.75. The normalized spacial score (nSPS) is 10.5. The maximum absolute atomic E-state index is 12.9. The number of carbonyl (C=O) groups excluding carboxylic acids is 2. The lowest BCUT2D eigenvalue weighted by atomic mass is 10.1. The van der Waals surface area contributed by atoms with Gasteiger partial charge < -0.3 is 30.9 Å². The molecular weight excluding hydrogens is 410 g/mol. The number of nitrogens with two attached hydrogens (primary N) is 1. The van der Waals surface area contributed by atoms with Crippen molar-refractivity contribution in [2.24, 2.45) is 0 Å². The van der Waals surface area contributed by atoms with E-state index in [-0.39, 0.29) is 24.3 Å². The summed E-state index contributed by atoms with van der Waals surface area (Å²) in [5.41, 5.74) is 8.59. The molecule has 0 spiro atoms. The van der Waals surface area contributed by atoms with Gasteiger partial charge in [-0.15, -0.1) is 0 Å². The summed E-state index contributed by atoms with van der Waals surface area (Å²) in [7, 11) is 1.49. The molecular formula is C23H21N5O4. The van der Waals surface area contributed by atoms with Crippen LogP contribution in [0.4, 0.5) is 22.0 Å². The number of hydrogen-bond acceptors (Lipinski definition) is 6. The second-order valence-electron chi connectivity index (χ2n) is 6.92. The number of para-hydroxylation sites is 1. The number of urea groups is 1. The van der Waals surface area contributed by atoms with E-state index >= 15 is 0 Å². The molecule has 5 N–H and O–H groups in total. The van der Waals surface area contributed by atoms with Crippen molar-refractivity contribution >= 4 is 40.1 Å². The molecule has 3 aromatic carbocycles. The van der Waals surface area contributed by atoms with Crippen LogP contribution in [0, 0.1) is 0 Å². The van der Waals surface area contributed by atoms with E-state index in [1.807, 2.05) is 24.3 Å². The van der Waals surface area contributed by atoms with E-state index in [1.54, 1.807) is 42.5 Å². The number of aromatic nitrogens is 1. The monoisotopic (exact) mass is 431 g/mol. The van der Waals surface area contributed by atoms with Crippen LogP contribution in [0.2, 0.25) is 0 Å². The van der Waals surface area contributed by atoms with E-state index in [4.69, 9.17) is 15.0 Å². The second kappa shape index (κ2) is 9.09. The highest BCUT2D eigenvalue weighted by atomic mass is 16.5. The molecule has 0 radical (unpaired) electrons. The zero-order valence-electron chi connectivity index (χ0n) is 17.2. The Balaban J connectivity index is 1.44. The number of carbonyl (C=O) groups is 2. The molecule has 1 heterocycles. The SMILES string of the molecule is COc1ccc(C(=O)Nc2cccc(CNC(=O)Nc3ccccc3)c2)c2c(N)noc12. The second-order valence-corrected chi connectivity index (χ2v) is 6.92. The molecule has 0 saturated carbocycles. The molecule has 9 heteroatoms. The van der Waals surface area contributed by atoms with E-state index in [0.29, 0.717) is 33.7 Å². The average Bonchev–Trinajstić information content (AvgIpc) is 3.20. The molecule has 3 amide bonds. The lowest BCUT2D eigenvalue weighted by molar-refractivity contribution is 0.102. The van der Waals surface area contributed by atoms with Crippen LogP contribution >= 0.6 is 0 Å². The first-order valence-electron chi connectivity index (χ1n) is 9.77. The Labute approximate surface area is 183 Å². The molecule has 4 aromatic rings. The summed E-state index contributed by atoms with van der Waals surface area (Å²) in [6, 6.07) is 19.2. The first-order valence-corrected chi connectivity index (χ1v) is 9.77. The number of benzene rings is 3. The molecule has 32 heavy (non-hydrogen) atoms. The maximum atomic E-state index is 12.9. The molecule has 1 aromatic heterocycles. The lowest BCUT2D eigenvalue weighted by Crippen LogP contribution is -2.28. The van der Waals surface area contributed by atoms with Crippen molar-refractivity contribution in [2.45, 2.75) is 6.54 Å². The summed E-state index contributed by atoms with van der Waals surface area (Å²) in [5, 5.41) is 12.5. The van der Waals surface area contributed by atoms with E-state index < -0.39 is 0 Å². The van der Waals surface area contributed by atoms with Crippen LogP contribution < -0.4 is 26.4 Å². The highest BCUT2D eigenvalue weighted by Gasteiger charge is 2.20. The quantitative estimate of drug-likeness (QED) is 0.365. The van der Waals surface area contributed by atoms with Gasteiger partial charge in [0.1, 0.15) is 0 Å². The van der Waals surface area contributed by atoms with Crippen LogP contribution in [0.25, 0.3) is 11.0 Å². The molecule has 9 nitrogen and oxygen atoms in total. The van der Waals surface area contributed by atoms with Gasteiger partial charge in [0.05, 0.1) is 18.1 Å². The molecule has 4 rings (SSSR count). The summed E-state index contributed by atoms with van der Waals surface area (Å²) < 4.78 is 10.4. The van der Waals surface area contributed by atoms with Crippen LogP contribution in [0.1, 0.15) is 15.9 Å². The minimum atomic E-state index is -0.375. The van der Waals surface area contributed by atoms with Crippen LogP contribution in [-0.4, -0.2) is 24.2 Å². The van der Waals surface area contributed by atoms with Crippen molar-refractivity contribution in [3.63, 3.8) is 0 Å². The van der Waals surface area contributed by atoms with Gasteiger partial charge in [-0.05, 0) is 42.0 Å². The van der Waals surface area contributed by atoms with Crippen LogP contribution in [0.3, 0.4) is 0 Å². The predicted molar refractivity (Wildman–Crippen MR) is 122 cm³/mol. The Morgan fingerprint density at radius 1 is 1.00 bits per heavy atom. The minimum Gasteiger partial charge on any atom is -0.493 e. The Morgan fingerprint density at radius 2 is 1.78 bits per heavy atom. The Hall–Kier alpha value is -4.53. The topological polar surface area (TPSA) is 132 Å². The van der Waals surface area contributed by atoms with Crippen molar-refractivity contribution in [2.75, 3.05) is 23.5 Å². The van der Waals surface area contributed by atoms with Gasteiger partial charge in [-0.3, -0.25) is 4.79 Å². The molecule has 0 fully saturated rings. The summed E-state index contributed by atoms with van der Waals surface area (Å²) in [4.78, 5) is 25.0. The zero-order valence-corrected chi connectivity index (χ0v) is 17.2. The van der Waals surface area contributed by atoms with Gasteiger partial charge in [0.15, 0.2) is 11.6 Å². The number of nitrogens with zero attached hydrogens (tertiary/aromatic N) is 1. The number of nitrogens with one attached hydrogen (secondary N) is 3. The molecule has 0 saturated heterocycles. The van der Waals surface area contributed by atoms with Gasteiger partial charge in [0.2, 0.25) is 5.58 Å². The molecule has 162 valence electrons. The van der Waals surface area contributed by atoms with Crippen molar-refractivity contribution in [3.8, 4) is 5.75 Å².